The Morgan fingerprint density at radius 1 is 1.20 bits per heavy atom. The summed E-state index contributed by atoms with van der Waals surface area (Å²) < 4.78 is 10.5. The number of benzene rings is 1. The minimum Gasteiger partial charge on any atom is -0.496 e. The molecule has 3 nitrogen and oxygen atoms in total. The van der Waals surface area contributed by atoms with Crippen molar-refractivity contribution >= 4 is 11.3 Å². The topological polar surface area (TPSA) is 31.4 Å². The average Bonchev–Trinajstić information content (AvgIpc) is 2.81. The molecule has 2 rings (SSSR count). The first-order valence-electron chi connectivity index (χ1n) is 4.38. The third kappa shape index (κ3) is 1.80. The maximum absolute atomic E-state index is 5.27. The molecule has 1 radical (unpaired) electrons. The number of nitrogens with zero attached hydrogens (tertiary/aromatic N) is 1. The lowest BCUT2D eigenvalue weighted by molar-refractivity contribution is 0.397. The third-order valence-electron chi connectivity index (χ3n) is 2.01. The van der Waals surface area contributed by atoms with E-state index in [1.54, 1.807) is 43.9 Å². The van der Waals surface area contributed by atoms with E-state index in [1.807, 2.05) is 5.38 Å². The smallest absolute Gasteiger partial charge is 0.133 e. The Morgan fingerprint density at radius 2 is 1.87 bits per heavy atom. The zero-order chi connectivity index (χ0) is 10.7. The average molecular weight is 220 g/mol. The number of methoxy groups -OCH3 is 2. The first kappa shape index (κ1) is 9.98. The summed E-state index contributed by atoms with van der Waals surface area (Å²) in [4.78, 5) is 4.25. The second-order valence-corrected chi connectivity index (χ2v) is 3.70. The molecule has 0 saturated carbocycles. The van der Waals surface area contributed by atoms with Gasteiger partial charge in [0.15, 0.2) is 0 Å². The molecule has 0 unspecified atom stereocenters. The van der Waals surface area contributed by atoms with Crippen molar-refractivity contribution < 1.29 is 9.47 Å². The van der Waals surface area contributed by atoms with Crippen molar-refractivity contribution in [2.45, 2.75) is 0 Å². The molecule has 0 bridgehead atoms. The summed E-state index contributed by atoms with van der Waals surface area (Å²) in [5, 5.41) is 2.81. The highest BCUT2D eigenvalue weighted by molar-refractivity contribution is 7.13. The summed E-state index contributed by atoms with van der Waals surface area (Å²) in [6.45, 7) is 0. The highest BCUT2D eigenvalue weighted by Crippen LogP contribution is 2.38. The molecule has 0 aliphatic carbocycles. The largest absolute Gasteiger partial charge is 0.496 e. The van der Waals surface area contributed by atoms with Gasteiger partial charge in [-0.05, 0) is 18.2 Å². The van der Waals surface area contributed by atoms with Gasteiger partial charge in [-0.2, -0.15) is 0 Å². The summed E-state index contributed by atoms with van der Waals surface area (Å²) in [7, 11) is 3.25. The minimum atomic E-state index is 0.726. The van der Waals surface area contributed by atoms with Crippen molar-refractivity contribution in [1.29, 1.82) is 0 Å². The predicted octanol–water partition coefficient (Wildman–Crippen LogP) is 2.63. The highest BCUT2D eigenvalue weighted by Gasteiger charge is 2.13. The van der Waals surface area contributed by atoms with Crippen LogP contribution in [0.15, 0.2) is 23.7 Å². The Labute approximate surface area is 92.3 Å². The maximum Gasteiger partial charge on any atom is 0.133 e. The van der Waals surface area contributed by atoms with Gasteiger partial charge in [0.05, 0.1) is 19.8 Å². The molecule has 0 saturated heterocycles. The van der Waals surface area contributed by atoms with Crippen LogP contribution >= 0.6 is 11.3 Å². The van der Waals surface area contributed by atoms with Gasteiger partial charge >= 0.3 is 0 Å². The number of thiazole rings is 1. The fraction of sp³-hybridized carbons (Fsp3) is 0.182. The van der Waals surface area contributed by atoms with Crippen LogP contribution in [0, 0.1) is 6.07 Å². The van der Waals surface area contributed by atoms with Crippen LogP contribution in [-0.2, 0) is 0 Å². The van der Waals surface area contributed by atoms with Gasteiger partial charge in [-0.1, -0.05) is 0 Å². The number of rotatable bonds is 3. The van der Waals surface area contributed by atoms with Crippen LogP contribution in [0.3, 0.4) is 0 Å². The van der Waals surface area contributed by atoms with Crippen molar-refractivity contribution in [2.24, 2.45) is 0 Å². The first-order valence-corrected chi connectivity index (χ1v) is 5.26. The van der Waals surface area contributed by atoms with Crippen LogP contribution in [-0.4, -0.2) is 19.2 Å². The molecule has 2 aromatic rings. The molecule has 0 amide bonds. The predicted molar refractivity (Wildman–Crippen MR) is 59.5 cm³/mol. The fourth-order valence-corrected chi connectivity index (χ4v) is 2.03. The fourth-order valence-electron chi connectivity index (χ4n) is 1.34. The van der Waals surface area contributed by atoms with E-state index in [9.17, 15) is 0 Å². The Balaban J connectivity index is 2.61. The molecule has 4 heteroatoms. The number of ether oxygens (including phenoxy) is 2. The van der Waals surface area contributed by atoms with Crippen molar-refractivity contribution in [2.75, 3.05) is 14.2 Å². The molecule has 0 aliphatic rings. The SMILES string of the molecule is COc1c[c]cc(OC)c1-c1nccs1. The van der Waals surface area contributed by atoms with Crippen LogP contribution in [0.1, 0.15) is 0 Å². The second-order valence-electron chi connectivity index (χ2n) is 2.80. The van der Waals surface area contributed by atoms with E-state index in [1.165, 1.54) is 0 Å². The van der Waals surface area contributed by atoms with Crippen LogP contribution in [0.4, 0.5) is 0 Å². The number of hydrogen-bond donors (Lipinski definition) is 0. The van der Waals surface area contributed by atoms with E-state index in [2.05, 4.69) is 11.1 Å². The van der Waals surface area contributed by atoms with Gasteiger partial charge in [0.2, 0.25) is 0 Å². The normalized spacial score (nSPS) is 10.0. The highest BCUT2D eigenvalue weighted by atomic mass is 32.1. The molecular weight excluding hydrogens is 210 g/mol. The second kappa shape index (κ2) is 4.31. The van der Waals surface area contributed by atoms with E-state index in [4.69, 9.17) is 9.47 Å². The third-order valence-corrected chi connectivity index (χ3v) is 2.80. The molecule has 0 N–H and O–H groups in total. The van der Waals surface area contributed by atoms with Crippen LogP contribution in [0.25, 0.3) is 10.6 Å². The van der Waals surface area contributed by atoms with Gasteiger partial charge < -0.3 is 9.47 Å². The van der Waals surface area contributed by atoms with Gasteiger partial charge in [0.25, 0.3) is 0 Å². The molecule has 0 spiro atoms. The molecule has 0 atom stereocenters. The lowest BCUT2D eigenvalue weighted by Crippen LogP contribution is -1.92. The van der Waals surface area contributed by atoms with Gasteiger partial charge in [0, 0.05) is 11.6 Å². The summed E-state index contributed by atoms with van der Waals surface area (Å²) in [5.74, 6) is 1.45. The van der Waals surface area contributed by atoms with E-state index in [0.717, 1.165) is 22.1 Å². The number of hydrogen-bond acceptors (Lipinski definition) is 4. The van der Waals surface area contributed by atoms with E-state index in [0.29, 0.717) is 0 Å². The summed E-state index contributed by atoms with van der Waals surface area (Å²) in [6.07, 6.45) is 1.76. The molecule has 1 heterocycles. The maximum atomic E-state index is 5.27. The molecule has 1 aromatic heterocycles. The van der Waals surface area contributed by atoms with Crippen LogP contribution in [0.5, 0.6) is 11.5 Å². The van der Waals surface area contributed by atoms with Gasteiger partial charge in [-0.25, -0.2) is 4.98 Å². The molecular formula is C11H10NO2S. The molecule has 77 valence electrons. The Bertz CT molecular complexity index is 418. The van der Waals surface area contributed by atoms with Crippen molar-refractivity contribution in [3.05, 3.63) is 29.8 Å². The summed E-state index contributed by atoms with van der Waals surface area (Å²) in [5.41, 5.74) is 0.883. The molecule has 0 fully saturated rings. The van der Waals surface area contributed by atoms with Crippen molar-refractivity contribution in [3.63, 3.8) is 0 Å². The lowest BCUT2D eigenvalue weighted by atomic mass is 10.2. The number of aromatic nitrogens is 1. The Morgan fingerprint density at radius 3 is 2.33 bits per heavy atom. The molecule has 1 aromatic carbocycles. The quantitative estimate of drug-likeness (QED) is 0.796. The first-order chi connectivity index (χ1) is 7.36. The standard InChI is InChI=1S/C11H10NO2S/c1-13-8-4-3-5-9(14-2)10(8)11-12-6-7-15-11/h4-7H,1-2H3. The summed E-state index contributed by atoms with van der Waals surface area (Å²) in [6, 6.07) is 6.51. The van der Waals surface area contributed by atoms with Crippen molar-refractivity contribution in [3.8, 4) is 22.1 Å². The van der Waals surface area contributed by atoms with E-state index < -0.39 is 0 Å². The summed E-state index contributed by atoms with van der Waals surface area (Å²) >= 11 is 1.55. The van der Waals surface area contributed by atoms with Crippen LogP contribution in [0.2, 0.25) is 0 Å². The van der Waals surface area contributed by atoms with Gasteiger partial charge in [0.1, 0.15) is 16.5 Å². The molecule has 0 aliphatic heterocycles. The monoisotopic (exact) mass is 220 g/mol. The Hall–Kier alpha value is -1.55. The zero-order valence-electron chi connectivity index (χ0n) is 8.48. The zero-order valence-corrected chi connectivity index (χ0v) is 9.30. The van der Waals surface area contributed by atoms with Gasteiger partial charge in [-0.15, -0.1) is 11.3 Å². The van der Waals surface area contributed by atoms with Crippen LogP contribution < -0.4 is 9.47 Å². The van der Waals surface area contributed by atoms with E-state index in [-0.39, 0.29) is 0 Å². The van der Waals surface area contributed by atoms with Gasteiger partial charge in [-0.3, -0.25) is 0 Å². The van der Waals surface area contributed by atoms with Crippen molar-refractivity contribution in [1.82, 2.24) is 4.98 Å². The molecule has 15 heavy (non-hydrogen) atoms. The Kier molecular flexibility index (Phi) is 2.87. The minimum absolute atomic E-state index is 0.726. The lowest BCUT2D eigenvalue weighted by Gasteiger charge is -2.10. The van der Waals surface area contributed by atoms with E-state index >= 15 is 0 Å².